The SMILES string of the molecule is CCCCC(CC)CN(CC(CC)CCCC)C(=O)c1ccccc1/N=N/c1c(C)c(C#N)c(=O)n(CC)c1O. The number of nitriles is 1. The Morgan fingerprint density at radius 3 is 2.08 bits per heavy atom. The number of azo groups is 1. The molecule has 1 aromatic heterocycles. The highest BCUT2D eigenvalue weighted by atomic mass is 16.3. The summed E-state index contributed by atoms with van der Waals surface area (Å²) in [6, 6.07) is 9.03. The molecule has 218 valence electrons. The van der Waals surface area contributed by atoms with Crippen LogP contribution in [0.5, 0.6) is 5.88 Å². The van der Waals surface area contributed by atoms with Crippen LogP contribution in [0.2, 0.25) is 0 Å². The number of nitrogens with zero attached hydrogens (tertiary/aromatic N) is 5. The topological polar surface area (TPSA) is 111 Å². The maximum absolute atomic E-state index is 14.1. The second-order valence-corrected chi connectivity index (χ2v) is 10.6. The number of pyridine rings is 1. The normalized spacial score (nSPS) is 12.8. The van der Waals surface area contributed by atoms with E-state index in [-0.39, 0.29) is 35.1 Å². The summed E-state index contributed by atoms with van der Waals surface area (Å²) >= 11 is 0. The number of hydrogen-bond donors (Lipinski definition) is 1. The van der Waals surface area contributed by atoms with Gasteiger partial charge in [0.15, 0.2) is 5.69 Å². The van der Waals surface area contributed by atoms with E-state index in [0.29, 0.717) is 36.2 Å². The van der Waals surface area contributed by atoms with E-state index in [1.807, 2.05) is 17.0 Å². The van der Waals surface area contributed by atoms with Crippen molar-refractivity contribution in [3.05, 3.63) is 51.3 Å². The van der Waals surface area contributed by atoms with Crippen molar-refractivity contribution in [1.82, 2.24) is 9.47 Å². The van der Waals surface area contributed by atoms with Gasteiger partial charge in [0.05, 0.1) is 11.3 Å². The minimum absolute atomic E-state index is 0.0494. The quantitative estimate of drug-likeness (QED) is 0.213. The minimum Gasteiger partial charge on any atom is -0.493 e. The van der Waals surface area contributed by atoms with E-state index in [1.165, 1.54) is 0 Å². The van der Waals surface area contributed by atoms with Crippen LogP contribution >= 0.6 is 0 Å². The molecule has 2 atom stereocenters. The Kier molecular flexibility index (Phi) is 13.6. The van der Waals surface area contributed by atoms with E-state index >= 15 is 0 Å². The van der Waals surface area contributed by atoms with Gasteiger partial charge in [0.1, 0.15) is 11.6 Å². The van der Waals surface area contributed by atoms with Crippen LogP contribution in [0.1, 0.15) is 107 Å². The lowest BCUT2D eigenvalue weighted by molar-refractivity contribution is 0.0685. The molecule has 8 heteroatoms. The van der Waals surface area contributed by atoms with Crippen LogP contribution in [0.3, 0.4) is 0 Å². The summed E-state index contributed by atoms with van der Waals surface area (Å²) in [5.74, 6) is 0.444. The summed E-state index contributed by atoms with van der Waals surface area (Å²) in [7, 11) is 0. The molecule has 0 fully saturated rings. The molecular weight excluding hydrogens is 502 g/mol. The number of aromatic nitrogens is 1. The summed E-state index contributed by atoms with van der Waals surface area (Å²) in [6.45, 7) is 13.6. The zero-order chi connectivity index (χ0) is 29.7. The highest BCUT2D eigenvalue weighted by Gasteiger charge is 2.25. The maximum Gasteiger partial charge on any atom is 0.271 e. The Morgan fingerprint density at radius 2 is 1.57 bits per heavy atom. The average molecular weight is 550 g/mol. The third kappa shape index (κ3) is 8.27. The molecule has 0 aliphatic carbocycles. The highest BCUT2D eigenvalue weighted by molar-refractivity contribution is 5.99. The van der Waals surface area contributed by atoms with Gasteiger partial charge in [-0.1, -0.05) is 78.4 Å². The number of carbonyl (C=O) groups excluding carboxylic acids is 1. The highest BCUT2D eigenvalue weighted by Crippen LogP contribution is 2.33. The van der Waals surface area contributed by atoms with Crippen LogP contribution in [0.4, 0.5) is 11.4 Å². The molecule has 0 radical (unpaired) electrons. The van der Waals surface area contributed by atoms with Crippen LogP contribution in [0, 0.1) is 30.1 Å². The number of rotatable bonds is 16. The van der Waals surface area contributed by atoms with Crippen LogP contribution in [0.25, 0.3) is 0 Å². The van der Waals surface area contributed by atoms with Crippen molar-refractivity contribution in [1.29, 1.82) is 5.26 Å². The first-order valence-corrected chi connectivity index (χ1v) is 14.9. The smallest absolute Gasteiger partial charge is 0.271 e. The third-order valence-electron chi connectivity index (χ3n) is 7.81. The summed E-state index contributed by atoms with van der Waals surface area (Å²) in [4.78, 5) is 28.6. The maximum atomic E-state index is 14.1. The first-order chi connectivity index (χ1) is 19.3. The summed E-state index contributed by atoms with van der Waals surface area (Å²) in [5, 5.41) is 28.9. The summed E-state index contributed by atoms with van der Waals surface area (Å²) in [6.07, 6.45) is 8.78. The molecule has 1 amide bonds. The molecule has 2 aromatic rings. The summed E-state index contributed by atoms with van der Waals surface area (Å²) < 4.78 is 1.10. The van der Waals surface area contributed by atoms with Gasteiger partial charge in [-0.05, 0) is 50.7 Å². The van der Waals surface area contributed by atoms with Gasteiger partial charge in [-0.25, -0.2) is 0 Å². The van der Waals surface area contributed by atoms with E-state index in [1.54, 1.807) is 32.0 Å². The molecular formula is C32H47N5O3. The van der Waals surface area contributed by atoms with Crippen molar-refractivity contribution in [2.24, 2.45) is 22.1 Å². The van der Waals surface area contributed by atoms with E-state index < -0.39 is 5.56 Å². The second kappa shape index (κ2) is 16.6. The van der Waals surface area contributed by atoms with Gasteiger partial charge in [-0.15, -0.1) is 10.2 Å². The number of aromatic hydroxyl groups is 1. The largest absolute Gasteiger partial charge is 0.493 e. The molecule has 2 rings (SSSR count). The molecule has 8 nitrogen and oxygen atoms in total. The first kappa shape index (κ1) is 32.7. The zero-order valence-electron chi connectivity index (χ0n) is 25.2. The molecule has 0 saturated heterocycles. The van der Waals surface area contributed by atoms with Gasteiger partial charge in [0, 0.05) is 25.2 Å². The fourth-order valence-electron chi connectivity index (χ4n) is 5.06. The fourth-order valence-corrected chi connectivity index (χ4v) is 5.06. The molecule has 0 aliphatic heterocycles. The first-order valence-electron chi connectivity index (χ1n) is 14.9. The number of hydrogen-bond acceptors (Lipinski definition) is 6. The van der Waals surface area contributed by atoms with Crippen LogP contribution in [0.15, 0.2) is 39.3 Å². The van der Waals surface area contributed by atoms with Crippen LogP contribution < -0.4 is 5.56 Å². The molecule has 0 saturated carbocycles. The molecule has 0 bridgehead atoms. The standard InChI is InChI=1S/C32H47N5O3/c1-7-12-16-24(9-3)21-36(22-25(10-4)17-13-8-2)30(38)26-18-14-15-19-28(26)34-35-29-23(6)27(20-33)31(39)37(11-5)32(29)40/h14-15,18-19,24-25,40H,7-13,16-17,21-22H2,1-6H3/b35-34+. The fraction of sp³-hybridized carbons (Fsp3) is 0.594. The predicted octanol–water partition coefficient (Wildman–Crippen LogP) is 8.04. The van der Waals surface area contributed by atoms with E-state index in [2.05, 4.69) is 37.9 Å². The lowest BCUT2D eigenvalue weighted by Gasteiger charge is -2.31. The van der Waals surface area contributed by atoms with Crippen LogP contribution in [-0.4, -0.2) is 33.6 Å². The monoisotopic (exact) mass is 549 g/mol. The van der Waals surface area contributed by atoms with Gasteiger partial charge < -0.3 is 10.0 Å². The third-order valence-corrected chi connectivity index (χ3v) is 7.81. The lowest BCUT2D eigenvalue weighted by atomic mass is 9.95. The van der Waals surface area contributed by atoms with Gasteiger partial charge in [-0.3, -0.25) is 14.2 Å². The van der Waals surface area contributed by atoms with Crippen molar-refractivity contribution >= 4 is 17.3 Å². The van der Waals surface area contributed by atoms with E-state index in [4.69, 9.17) is 0 Å². The Labute approximate surface area is 239 Å². The van der Waals surface area contributed by atoms with Gasteiger partial charge in [0.25, 0.3) is 11.5 Å². The number of amides is 1. The van der Waals surface area contributed by atoms with Crippen molar-refractivity contribution in [2.75, 3.05) is 13.1 Å². The molecule has 2 unspecified atom stereocenters. The van der Waals surface area contributed by atoms with Crippen molar-refractivity contribution in [3.63, 3.8) is 0 Å². The molecule has 0 spiro atoms. The Bertz CT molecular complexity index is 1230. The predicted molar refractivity (Wildman–Crippen MR) is 161 cm³/mol. The minimum atomic E-state index is -0.563. The number of carbonyl (C=O) groups is 1. The molecule has 1 N–H and O–H groups in total. The molecule has 40 heavy (non-hydrogen) atoms. The molecule has 1 aromatic carbocycles. The van der Waals surface area contributed by atoms with Crippen molar-refractivity contribution < 1.29 is 9.90 Å². The lowest BCUT2D eigenvalue weighted by Crippen LogP contribution is -2.39. The second-order valence-electron chi connectivity index (χ2n) is 10.6. The average Bonchev–Trinajstić information content (AvgIpc) is 2.96. The van der Waals surface area contributed by atoms with Crippen molar-refractivity contribution in [3.8, 4) is 11.9 Å². The Balaban J connectivity index is 2.52. The number of benzene rings is 1. The van der Waals surface area contributed by atoms with Crippen LogP contribution in [-0.2, 0) is 6.54 Å². The summed E-state index contributed by atoms with van der Waals surface area (Å²) in [5.41, 5.74) is 0.489. The Hall–Kier alpha value is -3.47. The van der Waals surface area contributed by atoms with Gasteiger partial charge >= 0.3 is 0 Å². The van der Waals surface area contributed by atoms with Crippen molar-refractivity contribution in [2.45, 2.75) is 99.5 Å². The molecule has 1 heterocycles. The Morgan fingerprint density at radius 1 is 1.00 bits per heavy atom. The van der Waals surface area contributed by atoms with E-state index in [9.17, 15) is 20.0 Å². The zero-order valence-corrected chi connectivity index (χ0v) is 25.2. The van der Waals surface area contributed by atoms with Gasteiger partial charge in [0.2, 0.25) is 5.88 Å². The van der Waals surface area contributed by atoms with E-state index in [0.717, 1.165) is 55.9 Å². The van der Waals surface area contributed by atoms with Gasteiger partial charge in [-0.2, -0.15) is 5.26 Å². The molecule has 0 aliphatic rings. The number of unbranched alkanes of at least 4 members (excludes halogenated alkanes) is 2.